The molecule has 0 aromatic heterocycles. The standard InChI is InChI=1S/C21H26O2/c1-3-8-18(9-4-1)17-22-14-15-23-21-13-7-12-20(16-21)19-10-5-2-6-11-19/h1,3-4,7-9,12-13,16,19H,2,5-6,10-11,14-15,17H2. The Kier molecular flexibility index (Phi) is 6.10. The van der Waals surface area contributed by atoms with Crippen LogP contribution < -0.4 is 4.74 Å². The van der Waals surface area contributed by atoms with Gasteiger partial charge in [0.15, 0.2) is 0 Å². The first-order chi connectivity index (χ1) is 11.4. The summed E-state index contributed by atoms with van der Waals surface area (Å²) >= 11 is 0. The minimum atomic E-state index is 0.598. The van der Waals surface area contributed by atoms with Crippen molar-refractivity contribution in [1.82, 2.24) is 0 Å². The first-order valence-electron chi connectivity index (χ1n) is 8.76. The molecule has 3 rings (SSSR count). The van der Waals surface area contributed by atoms with Gasteiger partial charge in [-0.15, -0.1) is 0 Å². The Morgan fingerprint density at radius 3 is 2.48 bits per heavy atom. The lowest BCUT2D eigenvalue weighted by molar-refractivity contribution is 0.0889. The highest BCUT2D eigenvalue weighted by Crippen LogP contribution is 2.33. The van der Waals surface area contributed by atoms with Crippen molar-refractivity contribution in [3.05, 3.63) is 65.7 Å². The Labute approximate surface area is 139 Å². The highest BCUT2D eigenvalue weighted by molar-refractivity contribution is 5.31. The van der Waals surface area contributed by atoms with E-state index >= 15 is 0 Å². The Bertz CT molecular complexity index is 573. The number of ether oxygens (including phenoxy) is 2. The van der Waals surface area contributed by atoms with Crippen LogP contribution in [-0.2, 0) is 11.3 Å². The third-order valence-electron chi connectivity index (χ3n) is 4.54. The van der Waals surface area contributed by atoms with E-state index in [0.717, 1.165) is 11.7 Å². The van der Waals surface area contributed by atoms with Crippen molar-refractivity contribution in [2.45, 2.75) is 44.6 Å². The molecule has 0 atom stereocenters. The number of rotatable bonds is 7. The third kappa shape index (κ3) is 5.11. The fraction of sp³-hybridized carbons (Fsp3) is 0.429. The minimum absolute atomic E-state index is 0.598. The summed E-state index contributed by atoms with van der Waals surface area (Å²) < 4.78 is 11.5. The molecule has 0 unspecified atom stereocenters. The van der Waals surface area contributed by atoms with Gasteiger partial charge in [-0.25, -0.2) is 0 Å². The topological polar surface area (TPSA) is 18.5 Å². The molecule has 1 saturated carbocycles. The lowest BCUT2D eigenvalue weighted by Gasteiger charge is -2.22. The zero-order valence-electron chi connectivity index (χ0n) is 13.7. The van der Waals surface area contributed by atoms with Crippen LogP contribution in [0.15, 0.2) is 54.6 Å². The lowest BCUT2D eigenvalue weighted by atomic mass is 9.84. The van der Waals surface area contributed by atoms with Crippen LogP contribution >= 0.6 is 0 Å². The third-order valence-corrected chi connectivity index (χ3v) is 4.54. The van der Waals surface area contributed by atoms with Crippen molar-refractivity contribution in [2.24, 2.45) is 0 Å². The molecule has 1 fully saturated rings. The van der Waals surface area contributed by atoms with Gasteiger partial charge in [0.1, 0.15) is 12.4 Å². The number of hydrogen-bond acceptors (Lipinski definition) is 2. The van der Waals surface area contributed by atoms with E-state index in [1.807, 2.05) is 24.3 Å². The van der Waals surface area contributed by atoms with Gasteiger partial charge in [-0.2, -0.15) is 0 Å². The molecule has 2 nitrogen and oxygen atoms in total. The van der Waals surface area contributed by atoms with Crippen LogP contribution in [-0.4, -0.2) is 13.2 Å². The lowest BCUT2D eigenvalue weighted by Crippen LogP contribution is -2.08. The summed E-state index contributed by atoms with van der Waals surface area (Å²) in [7, 11) is 0. The van der Waals surface area contributed by atoms with Crippen LogP contribution in [0.25, 0.3) is 0 Å². The maximum atomic E-state index is 5.85. The first kappa shape index (κ1) is 16.1. The second-order valence-electron chi connectivity index (χ2n) is 6.29. The summed E-state index contributed by atoms with van der Waals surface area (Å²) in [5.41, 5.74) is 2.64. The second-order valence-corrected chi connectivity index (χ2v) is 6.29. The van der Waals surface area contributed by atoms with E-state index in [4.69, 9.17) is 9.47 Å². The molecule has 0 N–H and O–H groups in total. The highest BCUT2D eigenvalue weighted by Gasteiger charge is 2.15. The van der Waals surface area contributed by atoms with Crippen LogP contribution in [0.2, 0.25) is 0 Å². The molecule has 0 saturated heterocycles. The summed E-state index contributed by atoms with van der Waals surface area (Å²) in [6.07, 6.45) is 6.77. The van der Waals surface area contributed by atoms with Gasteiger partial charge in [0.2, 0.25) is 0 Å². The average Bonchev–Trinajstić information content (AvgIpc) is 2.63. The zero-order chi connectivity index (χ0) is 15.7. The van der Waals surface area contributed by atoms with Crippen molar-refractivity contribution < 1.29 is 9.47 Å². The molecule has 0 spiro atoms. The van der Waals surface area contributed by atoms with E-state index in [-0.39, 0.29) is 0 Å². The molecule has 0 heterocycles. The molecule has 2 aromatic rings. The second kappa shape index (κ2) is 8.73. The molecule has 0 amide bonds. The van der Waals surface area contributed by atoms with E-state index in [1.54, 1.807) is 0 Å². The zero-order valence-corrected chi connectivity index (χ0v) is 13.7. The molecule has 122 valence electrons. The van der Waals surface area contributed by atoms with Gasteiger partial charge < -0.3 is 9.47 Å². The van der Waals surface area contributed by atoms with Crippen LogP contribution in [0.3, 0.4) is 0 Å². The Balaban J connectivity index is 1.41. The number of hydrogen-bond donors (Lipinski definition) is 0. The molecule has 2 aromatic carbocycles. The molecular weight excluding hydrogens is 284 g/mol. The summed E-state index contributed by atoms with van der Waals surface area (Å²) in [5, 5.41) is 0. The molecular formula is C21H26O2. The fourth-order valence-electron chi connectivity index (χ4n) is 3.28. The smallest absolute Gasteiger partial charge is 0.119 e. The normalized spacial score (nSPS) is 15.5. The molecule has 0 radical (unpaired) electrons. The molecule has 0 bridgehead atoms. The summed E-state index contributed by atoms with van der Waals surface area (Å²) in [6.45, 7) is 1.86. The van der Waals surface area contributed by atoms with Gasteiger partial charge in [0.05, 0.1) is 13.2 Å². The van der Waals surface area contributed by atoms with Crippen LogP contribution in [0, 0.1) is 0 Å². The summed E-state index contributed by atoms with van der Waals surface area (Å²) in [5.74, 6) is 1.69. The summed E-state index contributed by atoms with van der Waals surface area (Å²) in [6, 6.07) is 18.9. The summed E-state index contributed by atoms with van der Waals surface area (Å²) in [4.78, 5) is 0. The number of benzene rings is 2. The molecule has 2 heteroatoms. The Hall–Kier alpha value is -1.80. The van der Waals surface area contributed by atoms with Crippen molar-refractivity contribution in [2.75, 3.05) is 13.2 Å². The van der Waals surface area contributed by atoms with Gasteiger partial charge in [-0.1, -0.05) is 61.7 Å². The minimum Gasteiger partial charge on any atom is -0.491 e. The van der Waals surface area contributed by atoms with Crippen molar-refractivity contribution in [3.8, 4) is 5.75 Å². The van der Waals surface area contributed by atoms with Crippen LogP contribution in [0.4, 0.5) is 0 Å². The SMILES string of the molecule is c1ccc(COCCOc2cccc(C3CCCCC3)c2)cc1. The van der Waals surface area contributed by atoms with Gasteiger partial charge in [-0.05, 0) is 42.0 Å². The average molecular weight is 310 g/mol. The van der Waals surface area contributed by atoms with Gasteiger partial charge >= 0.3 is 0 Å². The van der Waals surface area contributed by atoms with Crippen molar-refractivity contribution in [3.63, 3.8) is 0 Å². The van der Waals surface area contributed by atoms with E-state index in [1.165, 1.54) is 43.2 Å². The van der Waals surface area contributed by atoms with Gasteiger partial charge in [0, 0.05) is 0 Å². The largest absolute Gasteiger partial charge is 0.491 e. The van der Waals surface area contributed by atoms with Crippen LogP contribution in [0.1, 0.15) is 49.1 Å². The van der Waals surface area contributed by atoms with E-state index in [0.29, 0.717) is 19.8 Å². The molecule has 1 aliphatic carbocycles. The first-order valence-corrected chi connectivity index (χ1v) is 8.76. The predicted molar refractivity (Wildman–Crippen MR) is 93.9 cm³/mol. The van der Waals surface area contributed by atoms with E-state index in [2.05, 4.69) is 30.3 Å². The Morgan fingerprint density at radius 2 is 1.65 bits per heavy atom. The van der Waals surface area contributed by atoms with E-state index in [9.17, 15) is 0 Å². The fourth-order valence-corrected chi connectivity index (χ4v) is 3.28. The predicted octanol–water partition coefficient (Wildman–Crippen LogP) is 5.33. The molecule has 1 aliphatic rings. The molecule has 23 heavy (non-hydrogen) atoms. The van der Waals surface area contributed by atoms with E-state index < -0.39 is 0 Å². The molecule has 0 aliphatic heterocycles. The maximum Gasteiger partial charge on any atom is 0.119 e. The van der Waals surface area contributed by atoms with Gasteiger partial charge in [-0.3, -0.25) is 0 Å². The highest BCUT2D eigenvalue weighted by atomic mass is 16.5. The van der Waals surface area contributed by atoms with Gasteiger partial charge in [0.25, 0.3) is 0 Å². The monoisotopic (exact) mass is 310 g/mol. The van der Waals surface area contributed by atoms with Crippen molar-refractivity contribution in [1.29, 1.82) is 0 Å². The maximum absolute atomic E-state index is 5.85. The quantitative estimate of drug-likeness (QED) is 0.643. The van der Waals surface area contributed by atoms with Crippen molar-refractivity contribution >= 4 is 0 Å². The Morgan fingerprint density at radius 1 is 0.826 bits per heavy atom. The van der Waals surface area contributed by atoms with Crippen LogP contribution in [0.5, 0.6) is 5.75 Å².